The molecule has 1 unspecified atom stereocenters. The Kier molecular flexibility index (Phi) is 6.69. The summed E-state index contributed by atoms with van der Waals surface area (Å²) in [4.78, 5) is 25.0. The van der Waals surface area contributed by atoms with Gasteiger partial charge in [-0.25, -0.2) is 0 Å². The molecule has 0 heterocycles. The summed E-state index contributed by atoms with van der Waals surface area (Å²) in [6.07, 6.45) is -0.0367. The molecule has 1 N–H and O–H groups in total. The number of hydrogen-bond acceptors (Lipinski definition) is 2. The van der Waals surface area contributed by atoms with Crippen LogP contribution in [0.3, 0.4) is 0 Å². The van der Waals surface area contributed by atoms with Crippen LogP contribution >= 0.6 is 11.6 Å². The maximum Gasteiger partial charge on any atom is 0.305 e. The van der Waals surface area contributed by atoms with Crippen molar-refractivity contribution in [1.82, 2.24) is 4.90 Å². The van der Waals surface area contributed by atoms with E-state index in [1.165, 1.54) is 0 Å². The lowest BCUT2D eigenvalue weighted by molar-refractivity contribution is -0.139. The van der Waals surface area contributed by atoms with Crippen molar-refractivity contribution in [1.29, 1.82) is 0 Å². The first kappa shape index (κ1) is 17.5. The summed E-state index contributed by atoms with van der Waals surface area (Å²) >= 11 is 5.89. The minimum absolute atomic E-state index is 0.0314. The van der Waals surface area contributed by atoms with Gasteiger partial charge in [-0.2, -0.15) is 0 Å². The van der Waals surface area contributed by atoms with Gasteiger partial charge in [0, 0.05) is 18.1 Å². The average Bonchev–Trinajstić information content (AvgIpc) is 2.41. The number of carbonyl (C=O) groups is 2. The third-order valence-corrected chi connectivity index (χ3v) is 3.70. The standard InChI is InChI=1S/C16H22ClNO3/c1-4-18(10-9-14(19)20)16(21)15(11(2)3)12-5-7-13(17)8-6-12/h5-8,11,15H,4,9-10H2,1-3H3,(H,19,20). The van der Waals surface area contributed by atoms with Gasteiger partial charge < -0.3 is 10.0 Å². The molecule has 0 aliphatic rings. The summed E-state index contributed by atoms with van der Waals surface area (Å²) in [5.41, 5.74) is 0.910. The van der Waals surface area contributed by atoms with Crippen molar-refractivity contribution in [3.8, 4) is 0 Å². The molecule has 0 radical (unpaired) electrons. The van der Waals surface area contributed by atoms with Crippen LogP contribution < -0.4 is 0 Å². The molecular formula is C16H22ClNO3. The Bertz CT molecular complexity index is 485. The quantitative estimate of drug-likeness (QED) is 0.839. The van der Waals surface area contributed by atoms with Crippen molar-refractivity contribution in [2.45, 2.75) is 33.1 Å². The van der Waals surface area contributed by atoms with Gasteiger partial charge in [-0.05, 0) is 30.5 Å². The molecule has 0 saturated heterocycles. The zero-order valence-electron chi connectivity index (χ0n) is 12.7. The molecule has 4 nitrogen and oxygen atoms in total. The van der Waals surface area contributed by atoms with Gasteiger partial charge in [0.25, 0.3) is 0 Å². The largest absolute Gasteiger partial charge is 0.481 e. The van der Waals surface area contributed by atoms with Gasteiger partial charge >= 0.3 is 5.97 Å². The van der Waals surface area contributed by atoms with Crippen molar-refractivity contribution < 1.29 is 14.7 Å². The molecule has 0 fully saturated rings. The van der Waals surface area contributed by atoms with Crippen molar-refractivity contribution in [2.24, 2.45) is 5.92 Å². The molecule has 116 valence electrons. The van der Waals surface area contributed by atoms with E-state index in [1.54, 1.807) is 17.0 Å². The Balaban J connectivity index is 2.95. The molecule has 5 heteroatoms. The molecular weight excluding hydrogens is 290 g/mol. The number of likely N-dealkylation sites (N-methyl/N-ethyl adjacent to an activating group) is 1. The number of nitrogens with zero attached hydrogens (tertiary/aromatic N) is 1. The van der Waals surface area contributed by atoms with Crippen LogP contribution in [0, 0.1) is 5.92 Å². The third-order valence-electron chi connectivity index (χ3n) is 3.45. The first-order valence-electron chi connectivity index (χ1n) is 7.12. The number of halogens is 1. The van der Waals surface area contributed by atoms with Crippen LogP contribution in [-0.4, -0.2) is 35.0 Å². The molecule has 0 aliphatic heterocycles. The normalized spacial score (nSPS) is 12.2. The molecule has 0 bridgehead atoms. The van der Waals surface area contributed by atoms with Gasteiger partial charge in [0.1, 0.15) is 0 Å². The first-order valence-corrected chi connectivity index (χ1v) is 7.50. The lowest BCUT2D eigenvalue weighted by atomic mass is 9.87. The monoisotopic (exact) mass is 311 g/mol. The van der Waals surface area contributed by atoms with Crippen LogP contribution in [0.1, 0.15) is 38.7 Å². The van der Waals surface area contributed by atoms with E-state index in [1.807, 2.05) is 32.9 Å². The summed E-state index contributed by atoms with van der Waals surface area (Å²) in [7, 11) is 0. The highest BCUT2D eigenvalue weighted by molar-refractivity contribution is 6.30. The summed E-state index contributed by atoms with van der Waals surface area (Å²) in [6, 6.07) is 7.26. The van der Waals surface area contributed by atoms with E-state index in [4.69, 9.17) is 16.7 Å². The number of hydrogen-bond donors (Lipinski definition) is 1. The van der Waals surface area contributed by atoms with Gasteiger partial charge in [0.05, 0.1) is 12.3 Å². The lowest BCUT2D eigenvalue weighted by Crippen LogP contribution is -2.38. The maximum absolute atomic E-state index is 12.7. The fraction of sp³-hybridized carbons (Fsp3) is 0.500. The predicted molar refractivity (Wildman–Crippen MR) is 83.5 cm³/mol. The number of carboxylic acid groups (broad SMARTS) is 1. The number of benzene rings is 1. The molecule has 0 aliphatic carbocycles. The Morgan fingerprint density at radius 1 is 1.24 bits per heavy atom. The Hall–Kier alpha value is -1.55. The topological polar surface area (TPSA) is 57.6 Å². The molecule has 21 heavy (non-hydrogen) atoms. The molecule has 1 aromatic carbocycles. The van der Waals surface area contributed by atoms with Crippen molar-refractivity contribution in [3.05, 3.63) is 34.9 Å². The van der Waals surface area contributed by atoms with Gasteiger partial charge in [-0.1, -0.05) is 37.6 Å². The van der Waals surface area contributed by atoms with Crippen molar-refractivity contribution >= 4 is 23.5 Å². The molecule has 1 atom stereocenters. The number of rotatable bonds is 7. The van der Waals surface area contributed by atoms with E-state index in [0.29, 0.717) is 11.6 Å². The third kappa shape index (κ3) is 5.05. The second kappa shape index (κ2) is 8.03. The van der Waals surface area contributed by atoms with E-state index in [-0.39, 0.29) is 30.7 Å². The molecule has 1 rings (SSSR count). The van der Waals surface area contributed by atoms with E-state index in [9.17, 15) is 9.59 Å². The summed E-state index contributed by atoms with van der Waals surface area (Å²) in [5, 5.41) is 9.41. The minimum atomic E-state index is -0.895. The number of carbonyl (C=O) groups excluding carboxylic acids is 1. The molecule has 1 aromatic rings. The Morgan fingerprint density at radius 2 is 1.81 bits per heavy atom. The summed E-state index contributed by atoms with van der Waals surface area (Å²) in [6.45, 7) is 6.58. The Labute approximate surface area is 130 Å². The fourth-order valence-electron chi connectivity index (χ4n) is 2.33. The van der Waals surface area contributed by atoms with E-state index in [2.05, 4.69) is 0 Å². The van der Waals surface area contributed by atoms with Crippen LogP contribution in [0.5, 0.6) is 0 Å². The zero-order chi connectivity index (χ0) is 16.0. The average molecular weight is 312 g/mol. The number of carboxylic acids is 1. The molecule has 0 spiro atoms. The van der Waals surface area contributed by atoms with Crippen LogP contribution in [0.4, 0.5) is 0 Å². The van der Waals surface area contributed by atoms with E-state index in [0.717, 1.165) is 5.56 Å². The minimum Gasteiger partial charge on any atom is -0.481 e. The summed E-state index contributed by atoms with van der Waals surface area (Å²) in [5.74, 6) is -1.08. The Morgan fingerprint density at radius 3 is 2.24 bits per heavy atom. The smallest absolute Gasteiger partial charge is 0.305 e. The molecule has 0 saturated carbocycles. The highest BCUT2D eigenvalue weighted by atomic mass is 35.5. The van der Waals surface area contributed by atoms with E-state index >= 15 is 0 Å². The predicted octanol–water partition coefficient (Wildman–Crippen LogP) is 3.40. The van der Waals surface area contributed by atoms with Crippen LogP contribution in [0.15, 0.2) is 24.3 Å². The second-order valence-electron chi connectivity index (χ2n) is 5.33. The highest BCUT2D eigenvalue weighted by Crippen LogP contribution is 2.28. The van der Waals surface area contributed by atoms with Gasteiger partial charge in [0.2, 0.25) is 5.91 Å². The van der Waals surface area contributed by atoms with Gasteiger partial charge in [-0.3, -0.25) is 9.59 Å². The summed E-state index contributed by atoms with van der Waals surface area (Å²) < 4.78 is 0. The zero-order valence-corrected chi connectivity index (χ0v) is 13.4. The van der Waals surface area contributed by atoms with Crippen LogP contribution in [0.25, 0.3) is 0 Å². The SMILES string of the molecule is CCN(CCC(=O)O)C(=O)C(c1ccc(Cl)cc1)C(C)C. The first-order chi connectivity index (χ1) is 9.86. The van der Waals surface area contributed by atoms with Crippen molar-refractivity contribution in [2.75, 3.05) is 13.1 Å². The lowest BCUT2D eigenvalue weighted by Gasteiger charge is -2.28. The number of amides is 1. The highest BCUT2D eigenvalue weighted by Gasteiger charge is 2.28. The van der Waals surface area contributed by atoms with Gasteiger partial charge in [-0.15, -0.1) is 0 Å². The van der Waals surface area contributed by atoms with E-state index < -0.39 is 5.97 Å². The maximum atomic E-state index is 12.7. The number of aliphatic carboxylic acids is 1. The van der Waals surface area contributed by atoms with Crippen LogP contribution in [0.2, 0.25) is 5.02 Å². The molecule has 0 aromatic heterocycles. The fourth-order valence-corrected chi connectivity index (χ4v) is 2.46. The van der Waals surface area contributed by atoms with Gasteiger partial charge in [0.15, 0.2) is 0 Å². The van der Waals surface area contributed by atoms with Crippen molar-refractivity contribution in [3.63, 3.8) is 0 Å². The molecule has 1 amide bonds. The van der Waals surface area contributed by atoms with Crippen LogP contribution in [-0.2, 0) is 9.59 Å². The second-order valence-corrected chi connectivity index (χ2v) is 5.77.